The molecule has 1 unspecified atom stereocenters. The molecule has 1 fully saturated rings. The third-order valence-corrected chi connectivity index (χ3v) is 5.42. The SMILES string of the molecule is CC1CCCN(C(=O)CNS(=O)(=O)c2c(F)cccc2F)CC1. The molecule has 1 N–H and O–H groups in total. The van der Waals surface area contributed by atoms with Crippen molar-refractivity contribution in [2.24, 2.45) is 5.92 Å². The molecule has 23 heavy (non-hydrogen) atoms. The average molecular weight is 346 g/mol. The first-order chi connectivity index (χ1) is 10.8. The minimum atomic E-state index is -4.42. The smallest absolute Gasteiger partial charge is 0.246 e. The Bertz CT molecular complexity index is 659. The minimum absolute atomic E-state index is 0.389. The van der Waals surface area contributed by atoms with Gasteiger partial charge in [0, 0.05) is 13.1 Å². The van der Waals surface area contributed by atoms with E-state index in [2.05, 4.69) is 6.92 Å². The number of hydrogen-bond donors (Lipinski definition) is 1. The monoisotopic (exact) mass is 346 g/mol. The lowest BCUT2D eigenvalue weighted by atomic mass is 10.0. The van der Waals surface area contributed by atoms with Gasteiger partial charge in [0.2, 0.25) is 15.9 Å². The number of likely N-dealkylation sites (tertiary alicyclic amines) is 1. The summed E-state index contributed by atoms with van der Waals surface area (Å²) >= 11 is 0. The molecule has 2 rings (SSSR count). The maximum Gasteiger partial charge on any atom is 0.246 e. The number of nitrogens with zero attached hydrogens (tertiary/aromatic N) is 1. The Morgan fingerprint density at radius 2 is 1.91 bits per heavy atom. The lowest BCUT2D eigenvalue weighted by Crippen LogP contribution is -2.41. The number of amides is 1. The topological polar surface area (TPSA) is 66.5 Å². The molecule has 0 saturated carbocycles. The summed E-state index contributed by atoms with van der Waals surface area (Å²) in [6, 6.07) is 2.79. The number of carbonyl (C=O) groups excluding carboxylic acids is 1. The molecular weight excluding hydrogens is 326 g/mol. The first-order valence-corrected chi connectivity index (χ1v) is 9.01. The molecule has 5 nitrogen and oxygen atoms in total. The van der Waals surface area contributed by atoms with Crippen molar-refractivity contribution in [2.75, 3.05) is 19.6 Å². The van der Waals surface area contributed by atoms with Crippen LogP contribution in [-0.2, 0) is 14.8 Å². The van der Waals surface area contributed by atoms with Crippen LogP contribution in [0, 0.1) is 17.6 Å². The van der Waals surface area contributed by atoms with Crippen LogP contribution >= 0.6 is 0 Å². The van der Waals surface area contributed by atoms with E-state index in [4.69, 9.17) is 0 Å². The Morgan fingerprint density at radius 1 is 1.26 bits per heavy atom. The summed E-state index contributed by atoms with van der Waals surface area (Å²) in [5, 5.41) is 0. The molecule has 0 spiro atoms. The molecular formula is C15H20F2N2O3S. The molecule has 128 valence electrons. The van der Waals surface area contributed by atoms with Gasteiger partial charge in [-0.15, -0.1) is 0 Å². The second kappa shape index (κ2) is 7.35. The first-order valence-electron chi connectivity index (χ1n) is 7.52. The summed E-state index contributed by atoms with van der Waals surface area (Å²) in [5.41, 5.74) is 0. The summed E-state index contributed by atoms with van der Waals surface area (Å²) < 4.78 is 53.2. The Balaban J connectivity index is 2.03. The number of halogens is 2. The van der Waals surface area contributed by atoms with Crippen LogP contribution in [0.4, 0.5) is 8.78 Å². The molecule has 0 aromatic heterocycles. The molecule has 1 saturated heterocycles. The highest BCUT2D eigenvalue weighted by atomic mass is 32.2. The molecule has 0 radical (unpaired) electrons. The molecule has 1 amide bonds. The molecule has 1 atom stereocenters. The second-order valence-electron chi connectivity index (χ2n) is 5.79. The zero-order valence-corrected chi connectivity index (χ0v) is 13.7. The Morgan fingerprint density at radius 3 is 2.57 bits per heavy atom. The molecule has 1 heterocycles. The number of hydrogen-bond acceptors (Lipinski definition) is 3. The molecule has 0 aliphatic carbocycles. The van der Waals surface area contributed by atoms with E-state index < -0.39 is 33.1 Å². The van der Waals surface area contributed by atoms with Gasteiger partial charge in [0.15, 0.2) is 4.90 Å². The average Bonchev–Trinajstić information content (AvgIpc) is 2.69. The van der Waals surface area contributed by atoms with Crippen LogP contribution in [-0.4, -0.2) is 38.9 Å². The van der Waals surface area contributed by atoms with E-state index in [0.717, 1.165) is 37.5 Å². The van der Waals surface area contributed by atoms with Gasteiger partial charge >= 0.3 is 0 Å². The molecule has 1 aliphatic heterocycles. The van der Waals surface area contributed by atoms with Gasteiger partial charge in [0.05, 0.1) is 6.54 Å². The lowest BCUT2D eigenvalue weighted by molar-refractivity contribution is -0.129. The molecule has 1 aromatic rings. The van der Waals surface area contributed by atoms with Gasteiger partial charge < -0.3 is 4.90 Å². The van der Waals surface area contributed by atoms with E-state index in [9.17, 15) is 22.0 Å². The van der Waals surface area contributed by atoms with Gasteiger partial charge in [-0.1, -0.05) is 13.0 Å². The quantitative estimate of drug-likeness (QED) is 0.905. The fraction of sp³-hybridized carbons (Fsp3) is 0.533. The highest BCUT2D eigenvalue weighted by Gasteiger charge is 2.26. The number of nitrogens with one attached hydrogen (secondary N) is 1. The Kier molecular flexibility index (Phi) is 5.69. The van der Waals surface area contributed by atoms with Crippen molar-refractivity contribution in [1.82, 2.24) is 9.62 Å². The van der Waals surface area contributed by atoms with E-state index in [0.29, 0.717) is 19.0 Å². The van der Waals surface area contributed by atoms with Gasteiger partial charge in [-0.3, -0.25) is 4.79 Å². The van der Waals surface area contributed by atoms with Crippen molar-refractivity contribution >= 4 is 15.9 Å². The van der Waals surface area contributed by atoms with Crippen molar-refractivity contribution < 1.29 is 22.0 Å². The standard InChI is InChI=1S/C15H20F2N2O3S/c1-11-4-3-8-19(9-7-11)14(20)10-18-23(21,22)15-12(16)5-2-6-13(15)17/h2,5-6,11,18H,3-4,7-10H2,1H3. The van der Waals surface area contributed by atoms with E-state index in [1.165, 1.54) is 0 Å². The summed E-state index contributed by atoms with van der Waals surface area (Å²) in [7, 11) is -4.42. The normalized spacial score (nSPS) is 19.4. The van der Waals surface area contributed by atoms with E-state index in [1.54, 1.807) is 4.90 Å². The summed E-state index contributed by atoms with van der Waals surface area (Å²) in [6.07, 6.45) is 2.75. The zero-order chi connectivity index (χ0) is 17.0. The molecule has 1 aromatic carbocycles. The maximum atomic E-state index is 13.6. The number of sulfonamides is 1. The fourth-order valence-electron chi connectivity index (χ4n) is 2.59. The third-order valence-electron chi connectivity index (χ3n) is 3.97. The highest BCUT2D eigenvalue weighted by Crippen LogP contribution is 2.18. The van der Waals surface area contributed by atoms with Crippen LogP contribution in [0.15, 0.2) is 23.1 Å². The summed E-state index contributed by atoms with van der Waals surface area (Å²) in [4.78, 5) is 12.6. The number of rotatable bonds is 4. The van der Waals surface area contributed by atoms with Crippen molar-refractivity contribution in [3.8, 4) is 0 Å². The van der Waals surface area contributed by atoms with Crippen molar-refractivity contribution in [2.45, 2.75) is 31.1 Å². The largest absolute Gasteiger partial charge is 0.342 e. The van der Waals surface area contributed by atoms with Crippen LogP contribution < -0.4 is 4.72 Å². The second-order valence-corrected chi connectivity index (χ2v) is 7.50. The van der Waals surface area contributed by atoms with Crippen molar-refractivity contribution in [3.05, 3.63) is 29.8 Å². The first kappa shape index (κ1) is 17.8. The Labute approximate surface area is 134 Å². The van der Waals surface area contributed by atoms with Crippen molar-refractivity contribution in [1.29, 1.82) is 0 Å². The van der Waals surface area contributed by atoms with E-state index >= 15 is 0 Å². The predicted molar refractivity (Wildman–Crippen MR) is 81.1 cm³/mol. The summed E-state index contributed by atoms with van der Waals surface area (Å²) in [6.45, 7) is 2.73. The van der Waals surface area contributed by atoms with Gasteiger partial charge in [-0.05, 0) is 37.3 Å². The van der Waals surface area contributed by atoms with Gasteiger partial charge in [-0.2, -0.15) is 0 Å². The van der Waals surface area contributed by atoms with Crippen molar-refractivity contribution in [3.63, 3.8) is 0 Å². The van der Waals surface area contributed by atoms with Crippen LogP contribution in [0.3, 0.4) is 0 Å². The minimum Gasteiger partial charge on any atom is -0.342 e. The maximum absolute atomic E-state index is 13.6. The van der Waals surface area contributed by atoms with Crippen LogP contribution in [0.5, 0.6) is 0 Å². The number of carbonyl (C=O) groups is 1. The third kappa shape index (κ3) is 4.48. The fourth-order valence-corrected chi connectivity index (χ4v) is 3.70. The molecule has 1 aliphatic rings. The predicted octanol–water partition coefficient (Wildman–Crippen LogP) is 1.89. The van der Waals surface area contributed by atoms with E-state index in [1.807, 2.05) is 4.72 Å². The van der Waals surface area contributed by atoms with E-state index in [-0.39, 0.29) is 5.91 Å². The van der Waals surface area contributed by atoms with Gasteiger partial charge in [0.1, 0.15) is 11.6 Å². The van der Waals surface area contributed by atoms with Crippen LogP contribution in [0.1, 0.15) is 26.2 Å². The molecule has 8 heteroatoms. The van der Waals surface area contributed by atoms with Crippen LogP contribution in [0.2, 0.25) is 0 Å². The van der Waals surface area contributed by atoms with Crippen LogP contribution in [0.25, 0.3) is 0 Å². The highest BCUT2D eigenvalue weighted by molar-refractivity contribution is 7.89. The van der Waals surface area contributed by atoms with Gasteiger partial charge in [0.25, 0.3) is 0 Å². The Hall–Kier alpha value is -1.54. The van der Waals surface area contributed by atoms with Gasteiger partial charge in [-0.25, -0.2) is 21.9 Å². The summed E-state index contributed by atoms with van der Waals surface area (Å²) in [5.74, 6) is -2.24. The lowest BCUT2D eigenvalue weighted by Gasteiger charge is -2.20. The molecule has 0 bridgehead atoms. The number of benzene rings is 1. The zero-order valence-electron chi connectivity index (χ0n) is 12.9.